The number of nitrogens with zero attached hydrogens (tertiary/aromatic N) is 2. The molecule has 2 aliphatic heterocycles. The van der Waals surface area contributed by atoms with Crippen LogP contribution in [0.15, 0.2) is 28.9 Å². The first kappa shape index (κ1) is 17.0. The van der Waals surface area contributed by atoms with Crippen LogP contribution < -0.4 is 0 Å². The normalized spacial score (nSPS) is 25.4. The second-order valence-corrected chi connectivity index (χ2v) is 7.49. The third-order valence-electron chi connectivity index (χ3n) is 5.90. The van der Waals surface area contributed by atoms with E-state index in [0.29, 0.717) is 0 Å². The summed E-state index contributed by atoms with van der Waals surface area (Å²) in [5.41, 5.74) is 3.46. The first-order chi connectivity index (χ1) is 12.3. The molecule has 0 unspecified atom stereocenters. The first-order valence-corrected chi connectivity index (χ1v) is 9.47. The maximum atomic E-state index is 9.60. The van der Waals surface area contributed by atoms with Gasteiger partial charge in [-0.15, -0.1) is 0 Å². The van der Waals surface area contributed by atoms with E-state index in [-0.39, 0.29) is 25.3 Å². The fraction of sp³-hybridized carbons (Fsp3) is 0.600. The standard InChI is InChI=1S/C20H28N2O3/c23-13-17-3-1-6-21(17)11-15-9-16(19-5-8-25-20(19)10-15)12-22-7-2-4-18(22)14-24/h5,8-10,17-18,23-24H,1-4,6-7,11-14H2/t17-,18-/m0/s1. The Labute approximate surface area is 148 Å². The zero-order valence-corrected chi connectivity index (χ0v) is 14.7. The van der Waals surface area contributed by atoms with Crippen molar-refractivity contribution in [1.29, 1.82) is 0 Å². The predicted octanol–water partition coefficient (Wildman–Crippen LogP) is 2.35. The highest BCUT2D eigenvalue weighted by molar-refractivity contribution is 5.81. The van der Waals surface area contributed by atoms with Gasteiger partial charge in [0.2, 0.25) is 0 Å². The van der Waals surface area contributed by atoms with Gasteiger partial charge in [0, 0.05) is 30.6 Å². The van der Waals surface area contributed by atoms with Crippen molar-refractivity contribution in [2.75, 3.05) is 26.3 Å². The molecule has 2 aliphatic rings. The summed E-state index contributed by atoms with van der Waals surface area (Å²) in [7, 11) is 0. The molecule has 0 bridgehead atoms. The summed E-state index contributed by atoms with van der Waals surface area (Å²) in [5.74, 6) is 0. The third kappa shape index (κ3) is 3.47. The molecule has 5 heteroatoms. The zero-order valence-electron chi connectivity index (χ0n) is 14.7. The second-order valence-electron chi connectivity index (χ2n) is 7.49. The van der Waals surface area contributed by atoms with E-state index in [2.05, 4.69) is 21.9 Å². The van der Waals surface area contributed by atoms with Crippen LogP contribution in [-0.2, 0) is 13.1 Å². The number of aliphatic hydroxyl groups is 2. The van der Waals surface area contributed by atoms with E-state index in [4.69, 9.17) is 4.42 Å². The van der Waals surface area contributed by atoms with Gasteiger partial charge < -0.3 is 14.6 Å². The average molecular weight is 344 g/mol. The minimum Gasteiger partial charge on any atom is -0.464 e. The van der Waals surface area contributed by atoms with Crippen LogP contribution in [-0.4, -0.2) is 58.4 Å². The van der Waals surface area contributed by atoms with E-state index in [9.17, 15) is 10.2 Å². The van der Waals surface area contributed by atoms with Gasteiger partial charge in [0.15, 0.2) is 0 Å². The van der Waals surface area contributed by atoms with Crippen molar-refractivity contribution in [3.63, 3.8) is 0 Å². The van der Waals surface area contributed by atoms with Crippen LogP contribution in [0.4, 0.5) is 0 Å². The van der Waals surface area contributed by atoms with Crippen molar-refractivity contribution in [1.82, 2.24) is 9.80 Å². The van der Waals surface area contributed by atoms with Gasteiger partial charge in [0.25, 0.3) is 0 Å². The molecule has 1 aromatic heterocycles. The number of benzene rings is 1. The molecule has 25 heavy (non-hydrogen) atoms. The molecule has 0 aliphatic carbocycles. The summed E-state index contributed by atoms with van der Waals surface area (Å²) in [6, 6.07) is 7.04. The molecule has 2 aromatic rings. The van der Waals surface area contributed by atoms with E-state index >= 15 is 0 Å². The van der Waals surface area contributed by atoms with Gasteiger partial charge in [-0.25, -0.2) is 0 Å². The largest absolute Gasteiger partial charge is 0.464 e. The Bertz CT molecular complexity index is 714. The van der Waals surface area contributed by atoms with Crippen molar-refractivity contribution in [3.8, 4) is 0 Å². The maximum absolute atomic E-state index is 9.60. The highest BCUT2D eigenvalue weighted by Crippen LogP contribution is 2.28. The quantitative estimate of drug-likeness (QED) is 0.842. The highest BCUT2D eigenvalue weighted by atomic mass is 16.3. The molecule has 2 atom stereocenters. The van der Waals surface area contributed by atoms with E-state index in [1.165, 1.54) is 16.5 Å². The van der Waals surface area contributed by atoms with Gasteiger partial charge >= 0.3 is 0 Å². The van der Waals surface area contributed by atoms with Crippen LogP contribution in [0.3, 0.4) is 0 Å². The van der Waals surface area contributed by atoms with E-state index in [0.717, 1.165) is 57.4 Å². The number of hydrogen-bond acceptors (Lipinski definition) is 5. The average Bonchev–Trinajstić information content (AvgIpc) is 3.34. The zero-order chi connectivity index (χ0) is 17.2. The lowest BCUT2D eigenvalue weighted by Crippen LogP contribution is -2.32. The van der Waals surface area contributed by atoms with Crippen molar-refractivity contribution in [3.05, 3.63) is 35.6 Å². The van der Waals surface area contributed by atoms with Crippen LogP contribution in [0.2, 0.25) is 0 Å². The van der Waals surface area contributed by atoms with Crippen LogP contribution in [0.5, 0.6) is 0 Å². The molecule has 2 N–H and O–H groups in total. The van der Waals surface area contributed by atoms with Crippen LogP contribution in [0.25, 0.3) is 11.0 Å². The van der Waals surface area contributed by atoms with Gasteiger partial charge in [-0.1, -0.05) is 6.07 Å². The van der Waals surface area contributed by atoms with Gasteiger partial charge in [-0.3, -0.25) is 9.80 Å². The summed E-state index contributed by atoms with van der Waals surface area (Å²) >= 11 is 0. The summed E-state index contributed by atoms with van der Waals surface area (Å²) in [6.45, 7) is 4.29. The SMILES string of the molecule is OC[C@@H]1CCCN1Cc1cc(CN2CCC[C@H]2CO)c2ccoc2c1. The van der Waals surface area contributed by atoms with Gasteiger partial charge in [-0.05, 0) is 62.0 Å². The first-order valence-electron chi connectivity index (χ1n) is 9.47. The summed E-state index contributed by atoms with van der Waals surface area (Å²) < 4.78 is 5.70. The van der Waals surface area contributed by atoms with Crippen molar-refractivity contribution in [2.24, 2.45) is 0 Å². The number of fused-ring (bicyclic) bond motifs is 1. The molecule has 1 aromatic carbocycles. The van der Waals surface area contributed by atoms with E-state index in [1.54, 1.807) is 6.26 Å². The van der Waals surface area contributed by atoms with Crippen LogP contribution in [0.1, 0.15) is 36.8 Å². The molecular weight excluding hydrogens is 316 g/mol. The van der Waals surface area contributed by atoms with E-state index < -0.39 is 0 Å². The van der Waals surface area contributed by atoms with Crippen LogP contribution in [0, 0.1) is 0 Å². The lowest BCUT2D eigenvalue weighted by molar-refractivity contribution is 0.152. The Kier molecular flexibility index (Phi) is 5.08. The minimum absolute atomic E-state index is 0.236. The molecule has 0 saturated carbocycles. The van der Waals surface area contributed by atoms with Gasteiger partial charge in [0.05, 0.1) is 19.5 Å². The lowest BCUT2D eigenvalue weighted by atomic mass is 10.0. The minimum atomic E-state index is 0.236. The third-order valence-corrected chi connectivity index (χ3v) is 5.90. The molecule has 0 spiro atoms. The Balaban J connectivity index is 1.58. The summed E-state index contributed by atoms with van der Waals surface area (Å²) in [5, 5.41) is 20.3. The smallest absolute Gasteiger partial charge is 0.134 e. The predicted molar refractivity (Wildman–Crippen MR) is 97.2 cm³/mol. The molecule has 2 saturated heterocycles. The molecule has 0 amide bonds. The fourth-order valence-electron chi connectivity index (χ4n) is 4.51. The molecule has 5 nitrogen and oxygen atoms in total. The summed E-state index contributed by atoms with van der Waals surface area (Å²) in [4.78, 5) is 4.76. The topological polar surface area (TPSA) is 60.1 Å². The summed E-state index contributed by atoms with van der Waals surface area (Å²) in [6.07, 6.45) is 6.24. The number of rotatable bonds is 6. The monoisotopic (exact) mass is 344 g/mol. The van der Waals surface area contributed by atoms with Crippen molar-refractivity contribution < 1.29 is 14.6 Å². The van der Waals surface area contributed by atoms with Gasteiger partial charge in [-0.2, -0.15) is 0 Å². The number of likely N-dealkylation sites (tertiary alicyclic amines) is 2. The fourth-order valence-corrected chi connectivity index (χ4v) is 4.51. The highest BCUT2D eigenvalue weighted by Gasteiger charge is 2.26. The number of furan rings is 1. The number of hydrogen-bond donors (Lipinski definition) is 2. The molecule has 136 valence electrons. The molecule has 0 radical (unpaired) electrons. The Hall–Kier alpha value is -1.40. The Morgan fingerprint density at radius 3 is 2.32 bits per heavy atom. The van der Waals surface area contributed by atoms with E-state index in [1.807, 2.05) is 6.07 Å². The van der Waals surface area contributed by atoms with Gasteiger partial charge in [0.1, 0.15) is 5.58 Å². The van der Waals surface area contributed by atoms with Crippen molar-refractivity contribution in [2.45, 2.75) is 50.9 Å². The second kappa shape index (κ2) is 7.46. The Morgan fingerprint density at radius 1 is 0.960 bits per heavy atom. The molecule has 2 fully saturated rings. The molecule has 3 heterocycles. The lowest BCUT2D eigenvalue weighted by Gasteiger charge is -2.25. The molecule has 4 rings (SSSR count). The van der Waals surface area contributed by atoms with Crippen molar-refractivity contribution >= 4 is 11.0 Å². The van der Waals surface area contributed by atoms with Crippen LogP contribution >= 0.6 is 0 Å². The Morgan fingerprint density at radius 2 is 1.64 bits per heavy atom. The maximum Gasteiger partial charge on any atom is 0.134 e. The number of aliphatic hydroxyl groups excluding tert-OH is 2. The molecular formula is C20H28N2O3.